The zero-order chi connectivity index (χ0) is 14.1. The molecule has 0 N–H and O–H groups in total. The maximum Gasteiger partial charge on any atom is 0.256 e. The van der Waals surface area contributed by atoms with Crippen LogP contribution in [0, 0.1) is 0 Å². The van der Waals surface area contributed by atoms with E-state index in [-0.39, 0.29) is 18.2 Å². The molecule has 1 aliphatic carbocycles. The minimum Gasteiger partial charge on any atom is -0.470 e. The molecule has 1 aromatic rings. The molecule has 1 aromatic carbocycles. The third-order valence-corrected chi connectivity index (χ3v) is 4.06. The van der Waals surface area contributed by atoms with Crippen LogP contribution in [0.25, 0.3) is 0 Å². The number of hydrogen-bond acceptors (Lipinski definition) is 2. The van der Waals surface area contributed by atoms with Gasteiger partial charge >= 0.3 is 0 Å². The highest BCUT2D eigenvalue weighted by Gasteiger charge is 2.38. The van der Waals surface area contributed by atoms with Crippen LogP contribution >= 0.6 is 0 Å². The molecule has 1 aliphatic heterocycles. The van der Waals surface area contributed by atoms with Crippen molar-refractivity contribution in [2.75, 3.05) is 0 Å². The number of allylic oxidation sites excluding steroid dienone is 1. The number of carbonyl (C=O) groups is 1. The van der Waals surface area contributed by atoms with Crippen LogP contribution in [0.5, 0.6) is 0 Å². The highest BCUT2D eigenvalue weighted by Crippen LogP contribution is 2.39. The number of amides is 1. The summed E-state index contributed by atoms with van der Waals surface area (Å²) in [6.07, 6.45) is 3.70. The zero-order valence-electron chi connectivity index (χ0n) is 12.1. The fraction of sp³-hybridized carbons (Fsp3) is 0.471. The fourth-order valence-corrected chi connectivity index (χ4v) is 3.04. The van der Waals surface area contributed by atoms with Gasteiger partial charge in [-0.3, -0.25) is 9.69 Å². The van der Waals surface area contributed by atoms with Gasteiger partial charge in [-0.25, -0.2) is 0 Å². The first-order chi connectivity index (χ1) is 9.68. The Hall–Kier alpha value is -1.77. The predicted molar refractivity (Wildman–Crippen MR) is 77.7 cm³/mol. The van der Waals surface area contributed by atoms with Crippen LogP contribution in [0.1, 0.15) is 51.3 Å². The number of hydrogen-bond donors (Lipinski definition) is 0. The summed E-state index contributed by atoms with van der Waals surface area (Å²) in [6.45, 7) is 4.09. The predicted octanol–water partition coefficient (Wildman–Crippen LogP) is 3.78. The van der Waals surface area contributed by atoms with Gasteiger partial charge in [-0.2, -0.15) is 0 Å². The summed E-state index contributed by atoms with van der Waals surface area (Å²) < 4.78 is 6.21. The van der Waals surface area contributed by atoms with Gasteiger partial charge in [-0.1, -0.05) is 30.3 Å². The van der Waals surface area contributed by atoms with E-state index in [2.05, 4.69) is 0 Å². The zero-order valence-corrected chi connectivity index (χ0v) is 12.1. The molecule has 0 saturated heterocycles. The normalized spacial score (nSPS) is 22.9. The second kappa shape index (κ2) is 5.31. The molecule has 0 fully saturated rings. The van der Waals surface area contributed by atoms with Crippen molar-refractivity contribution < 1.29 is 9.53 Å². The Labute approximate surface area is 120 Å². The molecule has 3 heteroatoms. The molecular formula is C17H21NO2. The summed E-state index contributed by atoms with van der Waals surface area (Å²) in [5, 5.41) is 0. The van der Waals surface area contributed by atoms with Gasteiger partial charge in [0.15, 0.2) is 0 Å². The van der Waals surface area contributed by atoms with E-state index in [1.165, 1.54) is 0 Å². The summed E-state index contributed by atoms with van der Waals surface area (Å²) in [5.74, 6) is 1.09. The fourth-order valence-electron chi connectivity index (χ4n) is 3.04. The molecule has 1 heterocycles. The largest absolute Gasteiger partial charge is 0.470 e. The maximum atomic E-state index is 12.8. The van der Waals surface area contributed by atoms with Gasteiger partial charge in [0.1, 0.15) is 5.76 Å². The van der Waals surface area contributed by atoms with E-state index in [0.29, 0.717) is 0 Å². The lowest BCUT2D eigenvalue weighted by Crippen LogP contribution is -2.45. The van der Waals surface area contributed by atoms with E-state index in [1.807, 2.05) is 49.1 Å². The molecule has 1 amide bonds. The highest BCUT2D eigenvalue weighted by atomic mass is 16.5. The van der Waals surface area contributed by atoms with Gasteiger partial charge in [-0.15, -0.1) is 0 Å². The number of carbonyl (C=O) groups excluding carboxylic acids is 1. The first-order valence-electron chi connectivity index (χ1n) is 7.45. The SMILES string of the molecule is CC(C)N1C(=O)C2=C(CCCC2)OC1c1ccccc1. The molecular weight excluding hydrogens is 250 g/mol. The minimum absolute atomic E-state index is 0.128. The molecule has 3 rings (SSSR count). The lowest BCUT2D eigenvalue weighted by atomic mass is 9.94. The van der Waals surface area contributed by atoms with Crippen LogP contribution in [0.3, 0.4) is 0 Å². The van der Waals surface area contributed by atoms with Crippen LogP contribution in [-0.4, -0.2) is 16.8 Å². The molecule has 0 aromatic heterocycles. The molecule has 0 spiro atoms. The first-order valence-corrected chi connectivity index (χ1v) is 7.45. The number of nitrogens with zero attached hydrogens (tertiary/aromatic N) is 1. The average molecular weight is 271 g/mol. The molecule has 1 unspecified atom stereocenters. The topological polar surface area (TPSA) is 29.5 Å². The van der Waals surface area contributed by atoms with Crippen molar-refractivity contribution in [1.82, 2.24) is 4.90 Å². The third-order valence-electron chi connectivity index (χ3n) is 4.06. The van der Waals surface area contributed by atoms with Crippen LogP contribution < -0.4 is 0 Å². The smallest absolute Gasteiger partial charge is 0.256 e. The Bertz CT molecular complexity index is 533. The summed E-state index contributed by atoms with van der Waals surface area (Å²) in [7, 11) is 0. The van der Waals surface area contributed by atoms with Crippen molar-refractivity contribution in [2.45, 2.75) is 51.8 Å². The quantitative estimate of drug-likeness (QED) is 0.819. The Morgan fingerprint density at radius 2 is 1.85 bits per heavy atom. The second-order valence-electron chi connectivity index (χ2n) is 5.80. The van der Waals surface area contributed by atoms with Crippen molar-refractivity contribution >= 4 is 5.91 Å². The molecule has 0 saturated carbocycles. The molecule has 0 radical (unpaired) electrons. The first kappa shape index (κ1) is 13.2. The number of ether oxygens (including phenoxy) is 1. The maximum absolute atomic E-state index is 12.8. The minimum atomic E-state index is -0.277. The lowest BCUT2D eigenvalue weighted by Gasteiger charge is -2.41. The van der Waals surface area contributed by atoms with Gasteiger partial charge in [0.2, 0.25) is 6.23 Å². The number of rotatable bonds is 2. The molecule has 20 heavy (non-hydrogen) atoms. The Morgan fingerprint density at radius 3 is 2.55 bits per heavy atom. The third kappa shape index (κ3) is 2.21. The molecule has 0 bridgehead atoms. The van der Waals surface area contributed by atoms with E-state index in [1.54, 1.807) is 0 Å². The number of benzene rings is 1. The van der Waals surface area contributed by atoms with Crippen LogP contribution in [0.2, 0.25) is 0 Å². The van der Waals surface area contributed by atoms with Crippen LogP contribution in [-0.2, 0) is 9.53 Å². The average Bonchev–Trinajstić information content (AvgIpc) is 2.47. The highest BCUT2D eigenvalue weighted by molar-refractivity contribution is 5.95. The molecule has 106 valence electrons. The molecule has 2 aliphatic rings. The van der Waals surface area contributed by atoms with Crippen molar-refractivity contribution in [3.05, 3.63) is 47.2 Å². The monoisotopic (exact) mass is 271 g/mol. The Morgan fingerprint density at radius 1 is 1.15 bits per heavy atom. The van der Waals surface area contributed by atoms with Crippen molar-refractivity contribution in [3.8, 4) is 0 Å². The van der Waals surface area contributed by atoms with E-state index < -0.39 is 0 Å². The summed E-state index contributed by atoms with van der Waals surface area (Å²) in [6, 6.07) is 10.2. The van der Waals surface area contributed by atoms with E-state index in [0.717, 1.165) is 42.6 Å². The van der Waals surface area contributed by atoms with Crippen molar-refractivity contribution in [2.24, 2.45) is 0 Å². The Balaban J connectivity index is 2.01. The van der Waals surface area contributed by atoms with Gasteiger partial charge in [0.25, 0.3) is 5.91 Å². The van der Waals surface area contributed by atoms with Gasteiger partial charge in [0, 0.05) is 18.0 Å². The lowest BCUT2D eigenvalue weighted by molar-refractivity contribution is -0.149. The van der Waals surface area contributed by atoms with Crippen molar-refractivity contribution in [1.29, 1.82) is 0 Å². The summed E-state index contributed by atoms with van der Waals surface area (Å²) in [5.41, 5.74) is 1.95. The summed E-state index contributed by atoms with van der Waals surface area (Å²) >= 11 is 0. The van der Waals surface area contributed by atoms with E-state index in [4.69, 9.17) is 4.74 Å². The summed E-state index contributed by atoms with van der Waals surface area (Å²) in [4.78, 5) is 14.6. The van der Waals surface area contributed by atoms with E-state index >= 15 is 0 Å². The van der Waals surface area contributed by atoms with E-state index in [9.17, 15) is 4.79 Å². The molecule has 3 nitrogen and oxygen atoms in total. The van der Waals surface area contributed by atoms with Crippen LogP contribution in [0.4, 0.5) is 0 Å². The van der Waals surface area contributed by atoms with Crippen LogP contribution in [0.15, 0.2) is 41.7 Å². The second-order valence-corrected chi connectivity index (χ2v) is 5.80. The molecule has 1 atom stereocenters. The van der Waals surface area contributed by atoms with Crippen molar-refractivity contribution in [3.63, 3.8) is 0 Å². The standard InChI is InChI=1S/C17H21NO2/c1-12(2)18-16(19)14-10-6-7-11-15(14)20-17(18)13-8-4-3-5-9-13/h3-5,8-9,12,17H,6-7,10-11H2,1-2H3. The Kier molecular flexibility index (Phi) is 3.51. The van der Waals surface area contributed by atoms with Gasteiger partial charge < -0.3 is 4.74 Å². The van der Waals surface area contributed by atoms with Gasteiger partial charge in [0.05, 0.1) is 5.57 Å². The van der Waals surface area contributed by atoms with Gasteiger partial charge in [-0.05, 0) is 33.1 Å².